The van der Waals surface area contributed by atoms with Crippen LogP contribution in [-0.2, 0) is 11.3 Å². The quantitative estimate of drug-likeness (QED) is 0.550. The molecule has 0 radical (unpaired) electrons. The van der Waals surface area contributed by atoms with Crippen LogP contribution in [0.1, 0.15) is 12.1 Å². The Morgan fingerprint density at radius 1 is 1.61 bits per heavy atom. The summed E-state index contributed by atoms with van der Waals surface area (Å²) in [4.78, 5) is 35.2. The van der Waals surface area contributed by atoms with Crippen molar-refractivity contribution in [1.29, 1.82) is 0 Å². The monoisotopic (exact) mass is 269 g/mol. The maximum Gasteiger partial charge on any atom is 0.327 e. The predicted octanol–water partition coefficient (Wildman–Crippen LogP) is -0.288. The highest BCUT2D eigenvalue weighted by atomic mass is 32.1. The summed E-state index contributed by atoms with van der Waals surface area (Å²) in [6.45, 7) is 0.104. The Morgan fingerprint density at radius 2 is 2.33 bits per heavy atom. The smallest absolute Gasteiger partial charge is 0.327 e. The van der Waals surface area contributed by atoms with E-state index in [2.05, 4.69) is 21.5 Å². The number of rotatable bonds is 5. The van der Waals surface area contributed by atoms with Gasteiger partial charge in [-0.15, -0.1) is 12.3 Å². The van der Waals surface area contributed by atoms with Crippen LogP contribution in [0.3, 0.4) is 0 Å². The van der Waals surface area contributed by atoms with Crippen molar-refractivity contribution in [2.45, 2.75) is 19.0 Å². The Morgan fingerprint density at radius 3 is 2.83 bits per heavy atom. The minimum atomic E-state index is -1.20. The second-order valence-corrected chi connectivity index (χ2v) is 4.14. The SMILES string of the molecule is C#CCC(NC(=O)NCc1csc(=O)[nH]1)C(=O)O. The number of carbonyl (C=O) groups is 2. The molecule has 0 spiro atoms. The Hall–Kier alpha value is -2.27. The molecule has 4 N–H and O–H groups in total. The lowest BCUT2D eigenvalue weighted by atomic mass is 10.2. The third-order valence-electron chi connectivity index (χ3n) is 1.94. The molecule has 18 heavy (non-hydrogen) atoms. The van der Waals surface area contributed by atoms with Gasteiger partial charge in [0.15, 0.2) is 0 Å². The molecule has 0 aromatic carbocycles. The third-order valence-corrected chi connectivity index (χ3v) is 2.65. The van der Waals surface area contributed by atoms with Gasteiger partial charge < -0.3 is 20.7 Å². The zero-order chi connectivity index (χ0) is 13.5. The van der Waals surface area contributed by atoms with Gasteiger partial charge in [-0.3, -0.25) is 4.79 Å². The topological polar surface area (TPSA) is 111 Å². The summed E-state index contributed by atoms with van der Waals surface area (Å²) in [5.41, 5.74) is 0.545. The lowest BCUT2D eigenvalue weighted by Crippen LogP contribution is -2.45. The molecule has 0 fully saturated rings. The number of hydrogen-bond donors (Lipinski definition) is 4. The van der Waals surface area contributed by atoms with Crippen molar-refractivity contribution in [3.8, 4) is 12.3 Å². The second kappa shape index (κ2) is 6.46. The number of aromatic amines is 1. The van der Waals surface area contributed by atoms with Gasteiger partial charge in [-0.05, 0) is 0 Å². The number of nitrogens with one attached hydrogen (secondary N) is 3. The van der Waals surface area contributed by atoms with Crippen LogP contribution in [0.4, 0.5) is 4.79 Å². The molecule has 1 rings (SSSR count). The van der Waals surface area contributed by atoms with E-state index in [0.29, 0.717) is 5.69 Å². The summed E-state index contributed by atoms with van der Waals surface area (Å²) in [5, 5.41) is 15.0. The summed E-state index contributed by atoms with van der Waals surface area (Å²) in [5.74, 6) is 0.961. The van der Waals surface area contributed by atoms with Crippen LogP contribution < -0.4 is 15.5 Å². The normalized spacial score (nSPS) is 11.3. The highest BCUT2D eigenvalue weighted by Crippen LogP contribution is 1.95. The number of carboxylic acid groups (broad SMARTS) is 1. The Balaban J connectivity index is 2.43. The maximum atomic E-state index is 11.4. The number of urea groups is 1. The minimum Gasteiger partial charge on any atom is -0.480 e. The molecule has 1 atom stereocenters. The number of H-pyrrole nitrogens is 1. The van der Waals surface area contributed by atoms with E-state index in [-0.39, 0.29) is 17.8 Å². The number of amides is 2. The van der Waals surface area contributed by atoms with E-state index < -0.39 is 18.0 Å². The van der Waals surface area contributed by atoms with E-state index in [4.69, 9.17) is 11.5 Å². The van der Waals surface area contributed by atoms with Crippen LogP contribution in [0.5, 0.6) is 0 Å². The van der Waals surface area contributed by atoms with Gasteiger partial charge in [0, 0.05) is 17.5 Å². The number of hydrogen-bond acceptors (Lipinski definition) is 4. The standard InChI is InChI=1S/C10H11N3O4S/c1-2-3-7(8(14)15)13-9(16)11-4-6-5-18-10(17)12-6/h1,5,7H,3-4H2,(H,12,17)(H,14,15)(H2,11,13,16). The van der Waals surface area contributed by atoms with Gasteiger partial charge in [-0.25, -0.2) is 9.59 Å². The molecule has 0 aliphatic heterocycles. The van der Waals surface area contributed by atoms with Crippen molar-refractivity contribution in [2.75, 3.05) is 0 Å². The average Bonchev–Trinajstić information content (AvgIpc) is 2.72. The van der Waals surface area contributed by atoms with Crippen LogP contribution in [0.2, 0.25) is 0 Å². The first-order valence-electron chi connectivity index (χ1n) is 4.90. The fraction of sp³-hybridized carbons (Fsp3) is 0.300. The number of aliphatic carboxylic acids is 1. The van der Waals surface area contributed by atoms with Gasteiger partial charge in [-0.1, -0.05) is 11.3 Å². The molecular weight excluding hydrogens is 258 g/mol. The van der Waals surface area contributed by atoms with Crippen molar-refractivity contribution >= 4 is 23.3 Å². The molecule has 7 nitrogen and oxygen atoms in total. The molecule has 0 aliphatic rings. The van der Waals surface area contributed by atoms with Crippen molar-refractivity contribution in [3.63, 3.8) is 0 Å². The first-order chi connectivity index (χ1) is 8.52. The number of thiazole rings is 1. The van der Waals surface area contributed by atoms with Gasteiger partial charge in [0.25, 0.3) is 0 Å². The zero-order valence-corrected chi connectivity index (χ0v) is 10.0. The van der Waals surface area contributed by atoms with Crippen molar-refractivity contribution in [2.24, 2.45) is 0 Å². The number of aromatic nitrogens is 1. The maximum absolute atomic E-state index is 11.4. The molecule has 8 heteroatoms. The zero-order valence-electron chi connectivity index (χ0n) is 9.23. The molecule has 96 valence electrons. The summed E-state index contributed by atoms with van der Waals surface area (Å²) in [7, 11) is 0. The lowest BCUT2D eigenvalue weighted by molar-refractivity contribution is -0.139. The van der Waals surface area contributed by atoms with E-state index in [1.807, 2.05) is 0 Å². The molecule has 1 aromatic rings. The molecule has 0 aliphatic carbocycles. The van der Waals surface area contributed by atoms with Crippen LogP contribution in [-0.4, -0.2) is 28.1 Å². The Bertz CT molecular complexity index is 528. The van der Waals surface area contributed by atoms with Gasteiger partial charge in [0.05, 0.1) is 6.54 Å². The molecule has 0 saturated heterocycles. The summed E-state index contributed by atoms with van der Waals surface area (Å²) < 4.78 is 0. The van der Waals surface area contributed by atoms with E-state index in [0.717, 1.165) is 11.3 Å². The van der Waals surface area contributed by atoms with Gasteiger partial charge in [0.2, 0.25) is 0 Å². The van der Waals surface area contributed by atoms with Crippen molar-refractivity contribution in [3.05, 3.63) is 20.7 Å². The molecule has 0 saturated carbocycles. The highest BCUT2D eigenvalue weighted by Gasteiger charge is 2.18. The van der Waals surface area contributed by atoms with E-state index in [1.54, 1.807) is 5.38 Å². The van der Waals surface area contributed by atoms with E-state index in [9.17, 15) is 14.4 Å². The molecular formula is C10H11N3O4S. The minimum absolute atomic E-state index is 0.0992. The molecule has 1 aromatic heterocycles. The van der Waals surface area contributed by atoms with Crippen LogP contribution in [0.25, 0.3) is 0 Å². The van der Waals surface area contributed by atoms with E-state index in [1.165, 1.54) is 0 Å². The van der Waals surface area contributed by atoms with Crippen molar-refractivity contribution < 1.29 is 14.7 Å². The van der Waals surface area contributed by atoms with Crippen LogP contribution in [0.15, 0.2) is 10.2 Å². The number of carbonyl (C=O) groups excluding carboxylic acids is 1. The summed E-state index contributed by atoms with van der Waals surface area (Å²) in [6.07, 6.45) is 4.89. The van der Waals surface area contributed by atoms with Gasteiger partial charge in [0.1, 0.15) is 6.04 Å². The summed E-state index contributed by atoms with van der Waals surface area (Å²) >= 11 is 0.980. The third kappa shape index (κ3) is 4.31. The molecule has 0 bridgehead atoms. The Kier molecular flexibility index (Phi) is 4.95. The molecule has 1 heterocycles. The molecule has 1 unspecified atom stereocenters. The first kappa shape index (κ1) is 13.8. The number of terminal acetylenes is 1. The number of carboxylic acids is 1. The predicted molar refractivity (Wildman–Crippen MR) is 65.2 cm³/mol. The summed E-state index contributed by atoms with van der Waals surface area (Å²) in [6, 6.07) is -1.79. The lowest BCUT2D eigenvalue weighted by Gasteiger charge is -2.12. The van der Waals surface area contributed by atoms with Crippen LogP contribution in [0, 0.1) is 12.3 Å². The van der Waals surface area contributed by atoms with E-state index >= 15 is 0 Å². The van der Waals surface area contributed by atoms with Gasteiger partial charge >= 0.3 is 16.9 Å². The largest absolute Gasteiger partial charge is 0.480 e. The first-order valence-corrected chi connectivity index (χ1v) is 5.78. The fourth-order valence-corrected chi connectivity index (χ4v) is 1.68. The molecule has 2 amide bonds. The average molecular weight is 269 g/mol. The fourth-order valence-electron chi connectivity index (χ4n) is 1.10. The van der Waals surface area contributed by atoms with Gasteiger partial charge in [-0.2, -0.15) is 0 Å². The Labute approximate surface area is 106 Å². The highest BCUT2D eigenvalue weighted by molar-refractivity contribution is 7.07. The van der Waals surface area contributed by atoms with Crippen molar-refractivity contribution in [1.82, 2.24) is 15.6 Å². The van der Waals surface area contributed by atoms with Crippen LogP contribution >= 0.6 is 11.3 Å². The second-order valence-electron chi connectivity index (χ2n) is 3.30.